The lowest BCUT2D eigenvalue weighted by molar-refractivity contribution is 1.28. The smallest absolute Gasteiger partial charge is 0.0462 e. The highest BCUT2D eigenvalue weighted by Gasteiger charge is 2.14. The maximum Gasteiger partial charge on any atom is 0.0462 e. The van der Waals surface area contributed by atoms with Gasteiger partial charge in [0.15, 0.2) is 0 Å². The van der Waals surface area contributed by atoms with Crippen molar-refractivity contribution in [3.8, 4) is 44.5 Å². The molecule has 0 aliphatic carbocycles. The van der Waals surface area contributed by atoms with Crippen molar-refractivity contribution in [3.63, 3.8) is 0 Å². The quantitative estimate of drug-likeness (QED) is 0.176. The molecule has 0 aliphatic heterocycles. The van der Waals surface area contributed by atoms with Gasteiger partial charge < -0.3 is 4.90 Å². The minimum Gasteiger partial charge on any atom is -0.311 e. The van der Waals surface area contributed by atoms with Gasteiger partial charge in [0.2, 0.25) is 0 Å². The molecule has 0 aromatic heterocycles. The summed E-state index contributed by atoms with van der Waals surface area (Å²) in [6.07, 6.45) is 0. The molecule has 47 heavy (non-hydrogen) atoms. The third-order valence-corrected chi connectivity index (χ3v) is 8.85. The summed E-state index contributed by atoms with van der Waals surface area (Å²) in [5.74, 6) is 0. The Bertz CT molecular complexity index is 2250. The first-order valence-electron chi connectivity index (χ1n) is 16.1. The van der Waals surface area contributed by atoms with Gasteiger partial charge in [0.05, 0.1) is 0 Å². The summed E-state index contributed by atoms with van der Waals surface area (Å²) in [5, 5.41) is 2.51. The largest absolute Gasteiger partial charge is 0.311 e. The summed E-state index contributed by atoms with van der Waals surface area (Å²) in [5.41, 5.74) is 13.1. The minimum absolute atomic E-state index is 1.11. The molecule has 1 heteroatoms. The average Bonchev–Trinajstić information content (AvgIpc) is 3.16. The van der Waals surface area contributed by atoms with Crippen LogP contribution in [0.25, 0.3) is 55.3 Å². The maximum absolute atomic E-state index is 2.33. The molecule has 222 valence electrons. The fraction of sp³-hybridized carbons (Fsp3) is 0. The van der Waals surface area contributed by atoms with Crippen LogP contribution < -0.4 is 4.90 Å². The van der Waals surface area contributed by atoms with E-state index in [0.29, 0.717) is 0 Å². The second-order valence-corrected chi connectivity index (χ2v) is 11.8. The summed E-state index contributed by atoms with van der Waals surface area (Å²) in [7, 11) is 0. The fourth-order valence-corrected chi connectivity index (χ4v) is 6.47. The Kier molecular flexibility index (Phi) is 7.63. The monoisotopic (exact) mass is 599 g/mol. The minimum atomic E-state index is 1.11. The van der Waals surface area contributed by atoms with Crippen LogP contribution in [0, 0.1) is 0 Å². The molecule has 0 fully saturated rings. The number of hydrogen-bond donors (Lipinski definition) is 0. The van der Waals surface area contributed by atoms with Crippen molar-refractivity contribution in [2.45, 2.75) is 0 Å². The van der Waals surface area contributed by atoms with Crippen molar-refractivity contribution in [1.82, 2.24) is 0 Å². The molecule has 0 heterocycles. The van der Waals surface area contributed by atoms with Crippen molar-refractivity contribution in [1.29, 1.82) is 0 Å². The van der Waals surface area contributed by atoms with Gasteiger partial charge >= 0.3 is 0 Å². The lowest BCUT2D eigenvalue weighted by Crippen LogP contribution is -2.09. The number of rotatable bonds is 7. The highest BCUT2D eigenvalue weighted by atomic mass is 15.1. The third-order valence-electron chi connectivity index (χ3n) is 8.85. The van der Waals surface area contributed by atoms with Crippen molar-refractivity contribution in [2.24, 2.45) is 0 Å². The molecule has 0 amide bonds. The Labute approximate surface area is 276 Å². The molecule has 0 saturated carbocycles. The standard InChI is InChI=1S/C46H33N/c1-4-13-34(14-5-1)38-18-12-19-39(31-38)35-23-27-43(28-24-35)47(42-20-8-3-9-21-42)44-29-25-36(26-30-44)41-32-40-17-10-11-22-45(40)46(33-41)37-15-6-2-7-16-37/h1-33H. The average molecular weight is 600 g/mol. The van der Waals surface area contributed by atoms with Crippen LogP contribution in [-0.4, -0.2) is 0 Å². The highest BCUT2D eigenvalue weighted by Crippen LogP contribution is 2.38. The zero-order valence-electron chi connectivity index (χ0n) is 26.0. The van der Waals surface area contributed by atoms with E-state index < -0.39 is 0 Å². The lowest BCUT2D eigenvalue weighted by atomic mass is 9.93. The number of para-hydroxylation sites is 1. The van der Waals surface area contributed by atoms with Gasteiger partial charge in [-0.15, -0.1) is 0 Å². The van der Waals surface area contributed by atoms with Crippen LogP contribution in [0.2, 0.25) is 0 Å². The zero-order chi connectivity index (χ0) is 31.4. The van der Waals surface area contributed by atoms with Crippen LogP contribution in [0.5, 0.6) is 0 Å². The molecular formula is C46H33N. The van der Waals surface area contributed by atoms with Gasteiger partial charge in [0.1, 0.15) is 0 Å². The van der Waals surface area contributed by atoms with Gasteiger partial charge in [-0.2, -0.15) is 0 Å². The molecule has 0 radical (unpaired) electrons. The number of fused-ring (bicyclic) bond motifs is 1. The van der Waals surface area contributed by atoms with Crippen LogP contribution >= 0.6 is 0 Å². The van der Waals surface area contributed by atoms with Crippen LogP contribution in [0.3, 0.4) is 0 Å². The van der Waals surface area contributed by atoms with E-state index in [4.69, 9.17) is 0 Å². The maximum atomic E-state index is 2.33. The molecule has 8 aromatic rings. The summed E-state index contributed by atoms with van der Waals surface area (Å²) < 4.78 is 0. The third kappa shape index (κ3) is 5.83. The van der Waals surface area contributed by atoms with Gasteiger partial charge in [-0.05, 0) is 110 Å². The molecule has 1 nitrogen and oxygen atoms in total. The van der Waals surface area contributed by atoms with Crippen LogP contribution in [-0.2, 0) is 0 Å². The molecule has 0 bridgehead atoms. The van der Waals surface area contributed by atoms with Crippen LogP contribution in [0.15, 0.2) is 200 Å². The van der Waals surface area contributed by atoms with Crippen LogP contribution in [0.1, 0.15) is 0 Å². The van der Waals surface area contributed by atoms with E-state index in [-0.39, 0.29) is 0 Å². The second-order valence-electron chi connectivity index (χ2n) is 11.8. The SMILES string of the molecule is c1ccc(-c2cccc(-c3ccc(N(c4ccccc4)c4ccc(-c5cc(-c6ccccc6)c6ccccc6c5)cc4)cc3)c2)cc1. The lowest BCUT2D eigenvalue weighted by Gasteiger charge is -2.26. The molecule has 0 unspecified atom stereocenters. The van der Waals surface area contributed by atoms with Gasteiger partial charge in [-0.25, -0.2) is 0 Å². The zero-order valence-corrected chi connectivity index (χ0v) is 26.0. The van der Waals surface area contributed by atoms with Gasteiger partial charge in [0.25, 0.3) is 0 Å². The van der Waals surface area contributed by atoms with E-state index in [1.807, 2.05) is 0 Å². The van der Waals surface area contributed by atoms with E-state index in [1.54, 1.807) is 0 Å². The van der Waals surface area contributed by atoms with E-state index in [9.17, 15) is 0 Å². The van der Waals surface area contributed by atoms with Crippen molar-refractivity contribution < 1.29 is 0 Å². The Morgan fingerprint density at radius 1 is 0.255 bits per heavy atom. The van der Waals surface area contributed by atoms with Gasteiger partial charge in [-0.1, -0.05) is 146 Å². The Hall–Kier alpha value is -6.18. The van der Waals surface area contributed by atoms with E-state index in [0.717, 1.165) is 17.1 Å². The normalized spacial score (nSPS) is 11.0. The molecule has 0 saturated heterocycles. The van der Waals surface area contributed by atoms with Crippen molar-refractivity contribution in [2.75, 3.05) is 4.90 Å². The van der Waals surface area contributed by atoms with Crippen molar-refractivity contribution >= 4 is 27.8 Å². The first-order valence-corrected chi connectivity index (χ1v) is 16.1. The molecule has 0 atom stereocenters. The Morgan fingerprint density at radius 2 is 0.702 bits per heavy atom. The summed E-state index contributed by atoms with van der Waals surface area (Å²) in [6.45, 7) is 0. The predicted molar refractivity (Wildman–Crippen MR) is 200 cm³/mol. The fourth-order valence-electron chi connectivity index (χ4n) is 6.47. The highest BCUT2D eigenvalue weighted by molar-refractivity contribution is 6.00. The topological polar surface area (TPSA) is 3.24 Å². The first kappa shape index (κ1) is 28.3. The summed E-state index contributed by atoms with van der Waals surface area (Å²) in [6, 6.07) is 71.7. The number of anilines is 3. The second kappa shape index (κ2) is 12.7. The van der Waals surface area contributed by atoms with Gasteiger partial charge in [0, 0.05) is 17.1 Å². The Balaban J connectivity index is 1.14. The molecule has 0 aliphatic rings. The van der Waals surface area contributed by atoms with Crippen molar-refractivity contribution in [3.05, 3.63) is 200 Å². The van der Waals surface area contributed by atoms with Crippen LogP contribution in [0.4, 0.5) is 17.1 Å². The molecular weight excluding hydrogens is 567 g/mol. The molecule has 8 rings (SSSR count). The molecule has 0 spiro atoms. The van der Waals surface area contributed by atoms with E-state index in [2.05, 4.69) is 205 Å². The van der Waals surface area contributed by atoms with E-state index >= 15 is 0 Å². The van der Waals surface area contributed by atoms with Gasteiger partial charge in [-0.3, -0.25) is 0 Å². The predicted octanol–water partition coefficient (Wildman–Crippen LogP) is 13.0. The molecule has 8 aromatic carbocycles. The number of nitrogens with zero attached hydrogens (tertiary/aromatic N) is 1. The first-order chi connectivity index (χ1) is 23.3. The van der Waals surface area contributed by atoms with E-state index in [1.165, 1.54) is 55.3 Å². The molecule has 0 N–H and O–H groups in total. The summed E-state index contributed by atoms with van der Waals surface area (Å²) >= 11 is 0. The number of benzene rings is 8. The summed E-state index contributed by atoms with van der Waals surface area (Å²) in [4.78, 5) is 2.32. The Morgan fingerprint density at radius 3 is 1.32 bits per heavy atom. The number of hydrogen-bond acceptors (Lipinski definition) is 1.